The summed E-state index contributed by atoms with van der Waals surface area (Å²) in [6.07, 6.45) is 3.35. The molecule has 2 aromatic heterocycles. The second kappa shape index (κ2) is 11.2. The third-order valence-corrected chi connectivity index (χ3v) is 5.28. The van der Waals surface area contributed by atoms with Crippen LogP contribution < -0.4 is 21.2 Å². The predicted molar refractivity (Wildman–Crippen MR) is 138 cm³/mol. The van der Waals surface area contributed by atoms with Crippen LogP contribution in [0, 0.1) is 12.8 Å². The van der Waals surface area contributed by atoms with Crippen molar-refractivity contribution < 1.29 is 18.7 Å². The van der Waals surface area contributed by atoms with Gasteiger partial charge < -0.3 is 14.5 Å². The number of aromatic nitrogens is 2. The highest BCUT2D eigenvalue weighted by Gasteiger charge is 2.23. The minimum absolute atomic E-state index is 0.0902. The van der Waals surface area contributed by atoms with Crippen LogP contribution in [0.4, 0.5) is 21.3 Å². The number of pyridine rings is 1. The first-order chi connectivity index (χ1) is 16.9. The quantitative estimate of drug-likeness (QED) is 0.472. The number of carbonyl (C=O) groups is 2. The molecule has 3 aromatic rings. The second-order valence-electron chi connectivity index (χ2n) is 9.89. The van der Waals surface area contributed by atoms with Crippen molar-refractivity contribution in [2.24, 2.45) is 5.92 Å². The highest BCUT2D eigenvalue weighted by molar-refractivity contribution is 5.94. The summed E-state index contributed by atoms with van der Waals surface area (Å²) < 4.78 is 10.8. The van der Waals surface area contributed by atoms with E-state index in [2.05, 4.69) is 20.6 Å². The molecule has 10 nitrogen and oxygen atoms in total. The molecular formula is C26H33N5O5. The number of hydrogen-bond donors (Lipinski definition) is 2. The van der Waals surface area contributed by atoms with E-state index in [0.717, 1.165) is 5.56 Å². The molecule has 0 saturated heterocycles. The predicted octanol–water partition coefficient (Wildman–Crippen LogP) is 5.00. The summed E-state index contributed by atoms with van der Waals surface area (Å²) in [6.45, 7) is 11.7. The first kappa shape index (κ1) is 26.7. The highest BCUT2D eigenvalue weighted by Crippen LogP contribution is 2.25. The van der Waals surface area contributed by atoms with Gasteiger partial charge in [0.25, 0.3) is 0 Å². The third-order valence-electron chi connectivity index (χ3n) is 5.28. The summed E-state index contributed by atoms with van der Waals surface area (Å²) in [5.74, 6) is 0.316. The lowest BCUT2D eigenvalue weighted by Crippen LogP contribution is -2.41. The van der Waals surface area contributed by atoms with Gasteiger partial charge in [0, 0.05) is 31.2 Å². The lowest BCUT2D eigenvalue weighted by molar-refractivity contribution is 0.0635. The van der Waals surface area contributed by atoms with Crippen molar-refractivity contribution in [3.63, 3.8) is 0 Å². The third kappa shape index (κ3) is 7.03. The lowest BCUT2D eigenvalue weighted by atomic mass is 10.1. The average molecular weight is 496 g/mol. The Morgan fingerprint density at radius 2 is 1.83 bits per heavy atom. The Balaban J connectivity index is 1.90. The molecular weight excluding hydrogens is 462 g/mol. The average Bonchev–Trinajstić information content (AvgIpc) is 2.78. The molecule has 10 heteroatoms. The van der Waals surface area contributed by atoms with Gasteiger partial charge in [0.15, 0.2) is 0 Å². The normalized spacial score (nSPS) is 11.4. The van der Waals surface area contributed by atoms with Gasteiger partial charge in [0.2, 0.25) is 0 Å². The van der Waals surface area contributed by atoms with E-state index in [1.165, 1.54) is 4.90 Å². The van der Waals surface area contributed by atoms with Crippen molar-refractivity contribution in [3.05, 3.63) is 58.2 Å². The molecule has 36 heavy (non-hydrogen) atoms. The maximum absolute atomic E-state index is 13.1. The zero-order chi connectivity index (χ0) is 26.5. The van der Waals surface area contributed by atoms with E-state index in [9.17, 15) is 14.4 Å². The van der Waals surface area contributed by atoms with Gasteiger partial charge in [-0.15, -0.1) is 0 Å². The van der Waals surface area contributed by atoms with E-state index < -0.39 is 23.4 Å². The van der Waals surface area contributed by atoms with Crippen LogP contribution in [-0.2, 0) is 11.3 Å². The van der Waals surface area contributed by atoms with Crippen LogP contribution in [0.25, 0.3) is 10.9 Å². The van der Waals surface area contributed by atoms with Crippen molar-refractivity contribution in [2.75, 3.05) is 16.8 Å². The number of anilines is 2. The number of carbonyl (C=O) groups excluding carboxylic acids is 2. The molecule has 0 aliphatic carbocycles. The Bertz CT molecular complexity index is 1280. The van der Waals surface area contributed by atoms with Crippen LogP contribution in [0.1, 0.15) is 52.2 Å². The molecule has 0 spiro atoms. The monoisotopic (exact) mass is 495 g/mol. The fourth-order valence-corrected chi connectivity index (χ4v) is 3.42. The molecule has 2 heterocycles. The number of nitrogens with zero attached hydrogens (tertiary/aromatic N) is 3. The standard InChI is InChI=1S/C26H33N5O5/c1-16(2)11-14-31(23(33)28-15-18-9-12-27-13-10-18)24-29-20-8-7-19(17(3)21(20)22(32)35-24)30-25(34)36-26(4,5)6/h7-10,12-13,16H,11,14-15H2,1-6H3,(H,28,33)(H,30,34). The minimum atomic E-state index is -0.665. The van der Waals surface area contributed by atoms with Gasteiger partial charge in [0.05, 0.1) is 10.9 Å². The van der Waals surface area contributed by atoms with E-state index in [1.54, 1.807) is 64.4 Å². The number of benzene rings is 1. The molecule has 3 rings (SSSR count). The Labute approximate surface area is 210 Å². The number of urea groups is 1. The molecule has 192 valence electrons. The molecule has 0 bridgehead atoms. The van der Waals surface area contributed by atoms with E-state index in [-0.39, 0.29) is 17.9 Å². The fraction of sp³-hybridized carbons (Fsp3) is 0.423. The van der Waals surface area contributed by atoms with Gasteiger partial charge >= 0.3 is 23.8 Å². The minimum Gasteiger partial charge on any atom is -0.444 e. The molecule has 0 aliphatic heterocycles. The molecule has 0 aliphatic rings. The van der Waals surface area contributed by atoms with Crippen LogP contribution in [0.3, 0.4) is 0 Å². The molecule has 1 aromatic carbocycles. The van der Waals surface area contributed by atoms with Gasteiger partial charge in [-0.2, -0.15) is 4.98 Å². The first-order valence-electron chi connectivity index (χ1n) is 11.8. The summed E-state index contributed by atoms with van der Waals surface area (Å²) in [5.41, 5.74) is 0.812. The molecule has 0 unspecified atom stereocenters. The summed E-state index contributed by atoms with van der Waals surface area (Å²) in [7, 11) is 0. The van der Waals surface area contributed by atoms with E-state index in [1.807, 2.05) is 13.8 Å². The van der Waals surface area contributed by atoms with Gasteiger partial charge in [-0.05, 0) is 75.4 Å². The lowest BCUT2D eigenvalue weighted by Gasteiger charge is -2.22. The number of hydrogen-bond acceptors (Lipinski definition) is 7. The van der Waals surface area contributed by atoms with Gasteiger partial charge in [-0.1, -0.05) is 13.8 Å². The van der Waals surface area contributed by atoms with Gasteiger partial charge in [-0.25, -0.2) is 19.3 Å². The molecule has 0 saturated carbocycles. The molecule has 2 N–H and O–H groups in total. The van der Waals surface area contributed by atoms with Crippen LogP contribution in [0.15, 0.2) is 45.9 Å². The first-order valence-corrected chi connectivity index (χ1v) is 11.8. The Kier molecular flexibility index (Phi) is 8.29. The SMILES string of the molecule is Cc1c(NC(=O)OC(C)(C)C)ccc2nc(N(CCC(C)C)C(=O)NCc3ccncc3)oc(=O)c12. The number of nitrogens with one attached hydrogen (secondary N) is 2. The van der Waals surface area contributed by atoms with Crippen LogP contribution >= 0.6 is 0 Å². The summed E-state index contributed by atoms with van der Waals surface area (Å²) in [6, 6.07) is 6.33. The van der Waals surface area contributed by atoms with E-state index >= 15 is 0 Å². The number of aryl methyl sites for hydroxylation is 1. The largest absolute Gasteiger partial charge is 0.444 e. The maximum Gasteiger partial charge on any atom is 0.412 e. The Morgan fingerprint density at radius 1 is 1.14 bits per heavy atom. The number of fused-ring (bicyclic) bond motifs is 1. The van der Waals surface area contributed by atoms with Crippen LogP contribution in [-0.4, -0.2) is 34.2 Å². The number of amides is 3. The van der Waals surface area contributed by atoms with Crippen molar-refractivity contribution in [2.45, 2.75) is 60.1 Å². The number of rotatable bonds is 7. The van der Waals surface area contributed by atoms with Crippen molar-refractivity contribution in [3.8, 4) is 0 Å². The van der Waals surface area contributed by atoms with Crippen LogP contribution in [0.5, 0.6) is 0 Å². The van der Waals surface area contributed by atoms with Gasteiger partial charge in [-0.3, -0.25) is 10.3 Å². The van der Waals surface area contributed by atoms with Crippen LogP contribution in [0.2, 0.25) is 0 Å². The summed E-state index contributed by atoms with van der Waals surface area (Å²) in [4.78, 5) is 48.1. The summed E-state index contributed by atoms with van der Waals surface area (Å²) >= 11 is 0. The zero-order valence-electron chi connectivity index (χ0n) is 21.5. The molecule has 0 atom stereocenters. The molecule has 0 radical (unpaired) electrons. The van der Waals surface area contributed by atoms with Crippen molar-refractivity contribution >= 4 is 34.7 Å². The van der Waals surface area contributed by atoms with E-state index in [0.29, 0.717) is 35.7 Å². The second-order valence-corrected chi connectivity index (χ2v) is 9.89. The van der Waals surface area contributed by atoms with Crippen molar-refractivity contribution in [1.82, 2.24) is 15.3 Å². The maximum atomic E-state index is 13.1. The fourth-order valence-electron chi connectivity index (χ4n) is 3.42. The van der Waals surface area contributed by atoms with Gasteiger partial charge in [0.1, 0.15) is 5.60 Å². The topological polar surface area (TPSA) is 127 Å². The number of ether oxygens (including phenoxy) is 1. The highest BCUT2D eigenvalue weighted by atomic mass is 16.6. The van der Waals surface area contributed by atoms with E-state index in [4.69, 9.17) is 9.15 Å². The Morgan fingerprint density at radius 3 is 2.47 bits per heavy atom. The summed E-state index contributed by atoms with van der Waals surface area (Å²) in [5, 5.41) is 5.72. The van der Waals surface area contributed by atoms with Crippen molar-refractivity contribution in [1.29, 1.82) is 0 Å². The molecule has 3 amide bonds. The smallest absolute Gasteiger partial charge is 0.412 e. The molecule has 0 fully saturated rings. The zero-order valence-corrected chi connectivity index (χ0v) is 21.5. The Hall–Kier alpha value is -3.95.